The molecule has 0 fully saturated rings. The zero-order valence-corrected chi connectivity index (χ0v) is 24.0. The maximum Gasteiger partial charge on any atom is 0.339 e. The van der Waals surface area contributed by atoms with Gasteiger partial charge in [-0.1, -0.05) is 44.7 Å². The number of aromatic nitrogens is 3. The molecule has 0 aliphatic rings. The Kier molecular flexibility index (Phi) is 9.74. The summed E-state index contributed by atoms with van der Waals surface area (Å²) in [6.45, 7) is 10.9. The average Bonchev–Trinajstić information content (AvgIpc) is 3.34. The average molecular weight is 555 g/mol. The van der Waals surface area contributed by atoms with Gasteiger partial charge >= 0.3 is 11.9 Å². The normalized spacial score (nSPS) is 12.0. The van der Waals surface area contributed by atoms with Crippen molar-refractivity contribution >= 4 is 35.3 Å². The van der Waals surface area contributed by atoms with Crippen LogP contribution in [0, 0.1) is 0 Å². The summed E-state index contributed by atoms with van der Waals surface area (Å²) >= 11 is 1.20. The zero-order valence-electron chi connectivity index (χ0n) is 23.2. The van der Waals surface area contributed by atoms with Crippen molar-refractivity contribution in [1.82, 2.24) is 14.8 Å². The molecular formula is C28H34N4O6S. The molecule has 3 rings (SSSR count). The smallest absolute Gasteiger partial charge is 0.339 e. The Balaban J connectivity index is 1.70. The first-order valence-electron chi connectivity index (χ1n) is 12.4. The fraction of sp³-hybridized carbons (Fsp3) is 0.393. The van der Waals surface area contributed by atoms with E-state index in [0.717, 1.165) is 5.75 Å². The second-order valence-corrected chi connectivity index (χ2v) is 10.6. The summed E-state index contributed by atoms with van der Waals surface area (Å²) in [6, 6.07) is 12.2. The molecule has 0 radical (unpaired) electrons. The molecule has 1 amide bonds. The maximum atomic E-state index is 12.8. The van der Waals surface area contributed by atoms with Crippen LogP contribution in [0.3, 0.4) is 0 Å². The van der Waals surface area contributed by atoms with Gasteiger partial charge in [0.05, 0.1) is 36.8 Å². The first kappa shape index (κ1) is 29.7. The van der Waals surface area contributed by atoms with Gasteiger partial charge in [0.15, 0.2) is 17.1 Å². The van der Waals surface area contributed by atoms with Crippen molar-refractivity contribution in [3.05, 3.63) is 65.0 Å². The number of carbonyl (C=O) groups excluding carboxylic acids is 3. The molecule has 0 saturated heterocycles. The molecule has 10 nitrogen and oxygen atoms in total. The molecule has 1 heterocycles. The molecule has 0 saturated carbocycles. The lowest BCUT2D eigenvalue weighted by Crippen LogP contribution is -2.18. The molecule has 0 aliphatic heterocycles. The van der Waals surface area contributed by atoms with E-state index < -0.39 is 17.8 Å². The van der Waals surface area contributed by atoms with Crippen LogP contribution in [-0.4, -0.2) is 52.6 Å². The van der Waals surface area contributed by atoms with Crippen LogP contribution in [0.15, 0.2) is 47.6 Å². The fourth-order valence-corrected chi connectivity index (χ4v) is 4.60. The van der Waals surface area contributed by atoms with Crippen molar-refractivity contribution in [2.45, 2.75) is 57.8 Å². The van der Waals surface area contributed by atoms with Crippen molar-refractivity contribution in [3.8, 4) is 5.75 Å². The highest BCUT2D eigenvalue weighted by molar-refractivity contribution is 7.99. The first-order valence-corrected chi connectivity index (χ1v) is 13.4. The Morgan fingerprint density at radius 1 is 1.00 bits per heavy atom. The summed E-state index contributed by atoms with van der Waals surface area (Å²) in [5.41, 5.74) is 1.71. The van der Waals surface area contributed by atoms with Crippen LogP contribution in [0.25, 0.3) is 0 Å². The summed E-state index contributed by atoms with van der Waals surface area (Å²) in [5, 5.41) is 11.8. The Bertz CT molecular complexity index is 1330. The van der Waals surface area contributed by atoms with E-state index in [1.54, 1.807) is 0 Å². The molecule has 2 aromatic carbocycles. The van der Waals surface area contributed by atoms with Gasteiger partial charge in [0.25, 0.3) is 0 Å². The first-order chi connectivity index (χ1) is 18.5. The third-order valence-electron chi connectivity index (χ3n) is 5.91. The third-order valence-corrected chi connectivity index (χ3v) is 6.88. The van der Waals surface area contributed by atoms with Crippen molar-refractivity contribution < 1.29 is 28.6 Å². The highest BCUT2D eigenvalue weighted by Gasteiger charge is 2.21. The number of esters is 2. The van der Waals surface area contributed by atoms with Gasteiger partial charge < -0.3 is 24.1 Å². The molecule has 208 valence electrons. The number of nitrogens with one attached hydrogen (secondary N) is 1. The van der Waals surface area contributed by atoms with Crippen LogP contribution >= 0.6 is 11.8 Å². The quantitative estimate of drug-likeness (QED) is 0.271. The molecule has 39 heavy (non-hydrogen) atoms. The van der Waals surface area contributed by atoms with E-state index in [0.29, 0.717) is 17.5 Å². The van der Waals surface area contributed by atoms with Gasteiger partial charge in [0.1, 0.15) is 5.75 Å². The second-order valence-electron chi connectivity index (χ2n) is 9.70. The molecule has 1 unspecified atom stereocenters. The van der Waals surface area contributed by atoms with Crippen LogP contribution in [0.2, 0.25) is 0 Å². The minimum absolute atomic E-state index is 0.00922. The molecule has 3 aromatic rings. The Hall–Kier alpha value is -3.86. The Morgan fingerprint density at radius 2 is 1.67 bits per heavy atom. The van der Waals surface area contributed by atoms with Crippen LogP contribution in [0.5, 0.6) is 5.75 Å². The van der Waals surface area contributed by atoms with Crippen LogP contribution < -0.4 is 10.1 Å². The minimum atomic E-state index is -0.647. The fourth-order valence-electron chi connectivity index (χ4n) is 3.79. The molecule has 0 aliphatic carbocycles. The molecule has 1 aromatic heterocycles. The van der Waals surface area contributed by atoms with Gasteiger partial charge in [-0.15, -0.1) is 10.2 Å². The standard InChI is InChI=1S/C28H34N4O6S/c1-8-32-24(17(2)38-20-12-10-19(11-13-20)28(3,4)5)30-31-27(32)39-16-23(33)29-22-15-18(25(34)36-6)9-14-21(22)26(35)37-7/h9-15,17H,8,16H2,1-7H3,(H,29,33). The van der Waals surface area contributed by atoms with Gasteiger partial charge in [-0.25, -0.2) is 9.59 Å². The van der Waals surface area contributed by atoms with Crippen molar-refractivity contribution in [2.75, 3.05) is 25.3 Å². The predicted molar refractivity (Wildman–Crippen MR) is 148 cm³/mol. The van der Waals surface area contributed by atoms with Gasteiger partial charge in [0.2, 0.25) is 5.91 Å². The van der Waals surface area contributed by atoms with E-state index in [1.807, 2.05) is 30.5 Å². The third kappa shape index (κ3) is 7.38. The van der Waals surface area contributed by atoms with Gasteiger partial charge in [-0.2, -0.15) is 0 Å². The largest absolute Gasteiger partial charge is 0.483 e. The second kappa shape index (κ2) is 12.8. The number of rotatable bonds is 10. The van der Waals surface area contributed by atoms with E-state index in [-0.39, 0.29) is 34.1 Å². The van der Waals surface area contributed by atoms with Gasteiger partial charge in [-0.3, -0.25) is 4.79 Å². The molecule has 0 bridgehead atoms. The number of benzene rings is 2. The minimum Gasteiger partial charge on any atom is -0.483 e. The lowest BCUT2D eigenvalue weighted by molar-refractivity contribution is -0.113. The van der Waals surface area contributed by atoms with Crippen molar-refractivity contribution in [1.29, 1.82) is 0 Å². The van der Waals surface area contributed by atoms with Crippen LogP contribution in [-0.2, 0) is 26.2 Å². The lowest BCUT2D eigenvalue weighted by atomic mass is 9.87. The summed E-state index contributed by atoms with van der Waals surface area (Å²) in [4.78, 5) is 36.9. The van der Waals surface area contributed by atoms with E-state index >= 15 is 0 Å². The number of hydrogen-bond acceptors (Lipinski definition) is 9. The SMILES string of the molecule is CCn1c(SCC(=O)Nc2cc(C(=O)OC)ccc2C(=O)OC)nnc1C(C)Oc1ccc(C(C)(C)C)cc1. The maximum absolute atomic E-state index is 12.8. The van der Waals surface area contributed by atoms with E-state index in [2.05, 4.69) is 48.4 Å². The van der Waals surface area contributed by atoms with E-state index in [9.17, 15) is 14.4 Å². The van der Waals surface area contributed by atoms with Crippen LogP contribution in [0.1, 0.15) is 72.8 Å². The van der Waals surface area contributed by atoms with Gasteiger partial charge in [0, 0.05) is 6.54 Å². The lowest BCUT2D eigenvalue weighted by Gasteiger charge is -2.20. The topological polar surface area (TPSA) is 122 Å². The predicted octanol–water partition coefficient (Wildman–Crippen LogP) is 5.04. The molecule has 1 atom stereocenters. The molecule has 0 spiro atoms. The molecular weight excluding hydrogens is 520 g/mol. The number of ether oxygens (including phenoxy) is 3. The monoisotopic (exact) mass is 554 g/mol. The number of nitrogens with zero attached hydrogens (tertiary/aromatic N) is 3. The Labute approximate surface area is 232 Å². The number of amides is 1. The molecule has 1 N–H and O–H groups in total. The summed E-state index contributed by atoms with van der Waals surface area (Å²) in [7, 11) is 2.48. The van der Waals surface area contributed by atoms with E-state index in [4.69, 9.17) is 14.2 Å². The van der Waals surface area contributed by atoms with Crippen LogP contribution in [0.4, 0.5) is 5.69 Å². The number of thioether (sulfide) groups is 1. The van der Waals surface area contributed by atoms with Crippen molar-refractivity contribution in [3.63, 3.8) is 0 Å². The zero-order chi connectivity index (χ0) is 28.7. The Morgan fingerprint density at radius 3 is 2.26 bits per heavy atom. The number of anilines is 1. The summed E-state index contributed by atoms with van der Waals surface area (Å²) in [6.07, 6.45) is -0.371. The molecule has 11 heteroatoms. The summed E-state index contributed by atoms with van der Waals surface area (Å²) in [5.74, 6) is -0.287. The highest BCUT2D eigenvalue weighted by Crippen LogP contribution is 2.28. The van der Waals surface area contributed by atoms with Gasteiger partial charge in [-0.05, 0) is 55.2 Å². The van der Waals surface area contributed by atoms with E-state index in [1.165, 1.54) is 49.7 Å². The number of hydrogen-bond donors (Lipinski definition) is 1. The van der Waals surface area contributed by atoms with Crippen molar-refractivity contribution in [2.24, 2.45) is 0 Å². The summed E-state index contributed by atoms with van der Waals surface area (Å²) < 4.78 is 17.5. The highest BCUT2D eigenvalue weighted by atomic mass is 32.2. The number of methoxy groups -OCH3 is 2. The number of carbonyl (C=O) groups is 3.